The number of rotatable bonds is 3. The molecular formula is C13H27N3O2. The van der Waals surface area contributed by atoms with Gasteiger partial charge in [-0.15, -0.1) is 0 Å². The maximum atomic E-state index is 11.5. The second kappa shape index (κ2) is 4.88. The highest BCUT2D eigenvalue weighted by atomic mass is 16.6. The number of nitrogens with two attached hydrogens (primary N) is 1. The summed E-state index contributed by atoms with van der Waals surface area (Å²) in [6.07, 6.45) is 0. The summed E-state index contributed by atoms with van der Waals surface area (Å²) in [5, 5.41) is 11.5. The standard InChI is InChI=1S/C13H27N3O2/c1-11(2,3)9(15-14)10(16(17)18)13(7,8)12(4,5)6/h15H,14H2,1-8H3/b10-9+. The molecule has 0 aliphatic rings. The number of hydrogen-bond donors (Lipinski definition) is 2. The van der Waals surface area contributed by atoms with E-state index in [-0.39, 0.29) is 16.0 Å². The predicted octanol–water partition coefficient (Wildman–Crippen LogP) is 3.06. The van der Waals surface area contributed by atoms with E-state index in [0.717, 1.165) is 0 Å². The third-order valence-electron chi connectivity index (χ3n) is 3.78. The van der Waals surface area contributed by atoms with Crippen molar-refractivity contribution in [3.05, 3.63) is 21.5 Å². The highest BCUT2D eigenvalue weighted by Crippen LogP contribution is 2.46. The van der Waals surface area contributed by atoms with Gasteiger partial charge in [-0.25, -0.2) is 0 Å². The molecule has 0 bridgehead atoms. The predicted molar refractivity (Wildman–Crippen MR) is 74.0 cm³/mol. The molecule has 0 saturated heterocycles. The Bertz CT molecular complexity index is 357. The van der Waals surface area contributed by atoms with Crippen LogP contribution in [0.15, 0.2) is 11.4 Å². The minimum Gasteiger partial charge on any atom is -0.322 e. The summed E-state index contributed by atoms with van der Waals surface area (Å²) in [5.74, 6) is 5.53. The van der Waals surface area contributed by atoms with E-state index in [0.29, 0.717) is 5.70 Å². The first kappa shape index (κ1) is 16.9. The van der Waals surface area contributed by atoms with Crippen molar-refractivity contribution in [3.8, 4) is 0 Å². The van der Waals surface area contributed by atoms with Crippen molar-refractivity contribution >= 4 is 0 Å². The number of nitrogens with one attached hydrogen (secondary N) is 1. The average Bonchev–Trinajstić information content (AvgIpc) is 2.08. The van der Waals surface area contributed by atoms with E-state index in [2.05, 4.69) is 5.43 Å². The molecule has 0 amide bonds. The van der Waals surface area contributed by atoms with Gasteiger partial charge in [0.05, 0.1) is 10.3 Å². The molecule has 3 N–H and O–H groups in total. The third-order valence-corrected chi connectivity index (χ3v) is 3.78. The molecule has 0 unspecified atom stereocenters. The normalized spacial score (nSPS) is 15.2. The van der Waals surface area contributed by atoms with Crippen LogP contribution in [0.5, 0.6) is 0 Å². The van der Waals surface area contributed by atoms with Gasteiger partial charge in [-0.05, 0) is 19.3 Å². The van der Waals surface area contributed by atoms with Crippen LogP contribution in [0.4, 0.5) is 0 Å². The Labute approximate surface area is 110 Å². The van der Waals surface area contributed by atoms with Crippen LogP contribution < -0.4 is 11.3 Å². The zero-order valence-electron chi connectivity index (χ0n) is 12.8. The van der Waals surface area contributed by atoms with Gasteiger partial charge in [0.25, 0.3) is 5.70 Å². The molecule has 0 fully saturated rings. The molecule has 18 heavy (non-hydrogen) atoms. The fourth-order valence-electron chi connectivity index (χ4n) is 1.63. The molecular weight excluding hydrogens is 230 g/mol. The Morgan fingerprint density at radius 3 is 1.61 bits per heavy atom. The van der Waals surface area contributed by atoms with Crippen molar-refractivity contribution in [2.75, 3.05) is 0 Å². The van der Waals surface area contributed by atoms with Gasteiger partial charge in [0.1, 0.15) is 5.70 Å². The number of hydrazine groups is 1. The Balaban J connectivity index is 6.19. The van der Waals surface area contributed by atoms with Crippen molar-refractivity contribution in [1.29, 1.82) is 0 Å². The molecule has 0 aromatic carbocycles. The lowest BCUT2D eigenvalue weighted by Gasteiger charge is -2.38. The summed E-state index contributed by atoms with van der Waals surface area (Å²) in [7, 11) is 0. The van der Waals surface area contributed by atoms with Crippen LogP contribution >= 0.6 is 0 Å². The maximum Gasteiger partial charge on any atom is 0.272 e. The van der Waals surface area contributed by atoms with Gasteiger partial charge in [0, 0.05) is 5.41 Å². The fourth-order valence-corrected chi connectivity index (χ4v) is 1.63. The van der Waals surface area contributed by atoms with Crippen LogP contribution in [-0.4, -0.2) is 4.92 Å². The molecule has 106 valence electrons. The maximum absolute atomic E-state index is 11.5. The van der Waals surface area contributed by atoms with Crippen molar-refractivity contribution in [2.45, 2.75) is 55.4 Å². The molecule has 5 nitrogen and oxygen atoms in total. The van der Waals surface area contributed by atoms with Gasteiger partial charge >= 0.3 is 0 Å². The summed E-state index contributed by atoms with van der Waals surface area (Å²) < 4.78 is 0. The van der Waals surface area contributed by atoms with Gasteiger partial charge in [-0.2, -0.15) is 0 Å². The van der Waals surface area contributed by atoms with E-state index in [9.17, 15) is 10.1 Å². The molecule has 0 radical (unpaired) electrons. The zero-order valence-corrected chi connectivity index (χ0v) is 12.8. The van der Waals surface area contributed by atoms with Crippen LogP contribution in [0.2, 0.25) is 0 Å². The first-order valence-corrected chi connectivity index (χ1v) is 6.13. The Hall–Kier alpha value is -1.10. The highest BCUT2D eigenvalue weighted by molar-refractivity contribution is 5.20. The molecule has 0 atom stereocenters. The van der Waals surface area contributed by atoms with Crippen LogP contribution in [-0.2, 0) is 0 Å². The van der Waals surface area contributed by atoms with Gasteiger partial charge in [0.2, 0.25) is 0 Å². The quantitative estimate of drug-likeness (QED) is 0.462. The van der Waals surface area contributed by atoms with E-state index >= 15 is 0 Å². The van der Waals surface area contributed by atoms with E-state index in [1.807, 2.05) is 55.4 Å². The van der Waals surface area contributed by atoms with Gasteiger partial charge in [-0.3, -0.25) is 16.0 Å². The smallest absolute Gasteiger partial charge is 0.272 e. The van der Waals surface area contributed by atoms with Crippen LogP contribution in [0, 0.1) is 26.4 Å². The second-order valence-corrected chi connectivity index (χ2v) is 7.25. The molecule has 0 aromatic rings. The minimum atomic E-state index is -0.606. The molecule has 0 saturated carbocycles. The molecule has 0 heterocycles. The van der Waals surface area contributed by atoms with Gasteiger partial charge in [-0.1, -0.05) is 41.5 Å². The lowest BCUT2D eigenvalue weighted by molar-refractivity contribution is -0.446. The highest BCUT2D eigenvalue weighted by Gasteiger charge is 2.47. The first-order valence-electron chi connectivity index (χ1n) is 6.13. The number of hydrogen-bond acceptors (Lipinski definition) is 4. The van der Waals surface area contributed by atoms with Crippen LogP contribution in [0.3, 0.4) is 0 Å². The van der Waals surface area contributed by atoms with Crippen molar-refractivity contribution < 1.29 is 4.92 Å². The van der Waals surface area contributed by atoms with E-state index in [1.54, 1.807) is 0 Å². The van der Waals surface area contributed by atoms with Crippen molar-refractivity contribution in [3.63, 3.8) is 0 Å². The summed E-state index contributed by atoms with van der Waals surface area (Å²) in [4.78, 5) is 11.2. The SMILES string of the molecule is CC(C)(C)/C(NN)=C(\[N+](=O)[O-])C(C)(C)C(C)(C)C. The molecule has 0 spiro atoms. The lowest BCUT2D eigenvalue weighted by Crippen LogP contribution is -2.41. The third kappa shape index (κ3) is 3.22. The topological polar surface area (TPSA) is 81.2 Å². The van der Waals surface area contributed by atoms with Gasteiger partial charge in [0.15, 0.2) is 0 Å². The molecule has 0 aliphatic carbocycles. The Kier molecular flexibility index (Phi) is 4.58. The fraction of sp³-hybridized carbons (Fsp3) is 0.846. The van der Waals surface area contributed by atoms with E-state index in [4.69, 9.17) is 5.84 Å². The average molecular weight is 257 g/mol. The largest absolute Gasteiger partial charge is 0.322 e. The number of allylic oxidation sites excluding steroid dienone is 2. The summed E-state index contributed by atoms with van der Waals surface area (Å²) in [6, 6.07) is 0. The van der Waals surface area contributed by atoms with E-state index < -0.39 is 10.8 Å². The van der Waals surface area contributed by atoms with Crippen molar-refractivity contribution in [2.24, 2.45) is 22.1 Å². The molecule has 5 heteroatoms. The van der Waals surface area contributed by atoms with E-state index in [1.165, 1.54) is 0 Å². The lowest BCUT2D eigenvalue weighted by atomic mass is 9.65. The summed E-state index contributed by atoms with van der Waals surface area (Å²) >= 11 is 0. The zero-order chi connectivity index (χ0) is 14.9. The number of nitro groups is 1. The monoisotopic (exact) mass is 257 g/mol. The summed E-state index contributed by atoms with van der Waals surface area (Å²) in [6.45, 7) is 15.5. The Morgan fingerprint density at radius 2 is 1.44 bits per heavy atom. The summed E-state index contributed by atoms with van der Waals surface area (Å²) in [5.41, 5.74) is 1.92. The van der Waals surface area contributed by atoms with Crippen molar-refractivity contribution in [1.82, 2.24) is 5.43 Å². The Morgan fingerprint density at radius 1 is 1.06 bits per heavy atom. The molecule has 0 aliphatic heterocycles. The number of nitrogens with zero attached hydrogens (tertiary/aromatic N) is 1. The molecule has 0 aromatic heterocycles. The van der Waals surface area contributed by atoms with Gasteiger partial charge < -0.3 is 5.43 Å². The molecule has 0 rings (SSSR count). The second-order valence-electron chi connectivity index (χ2n) is 7.25. The van der Waals surface area contributed by atoms with Crippen LogP contribution in [0.25, 0.3) is 0 Å². The minimum absolute atomic E-state index is 0.157. The van der Waals surface area contributed by atoms with Crippen LogP contribution in [0.1, 0.15) is 55.4 Å². The first-order chi connectivity index (χ1) is 7.76.